The maximum Gasteiger partial charge on any atom is 0.362 e. The fraction of sp³-hybridized carbons (Fsp3) is 0.296. The Morgan fingerprint density at radius 3 is 2.50 bits per heavy atom. The molecule has 15 heteroatoms. The summed E-state index contributed by atoms with van der Waals surface area (Å²) < 4.78 is 28.1. The monoisotopic (exact) mass is 658 g/mol. The first-order chi connectivity index (χ1) is 19.8. The molecule has 42 heavy (non-hydrogen) atoms. The SMILES string of the molecule is CN1CCCN(c2cc3c(cc2O)CN(C(=O)c2c(Sc4c(Cl)cccc4Cl)cc(C(F)(F)Cl)[nH]c2=O)C3CO)C1=O. The lowest BCUT2D eigenvalue weighted by Crippen LogP contribution is -2.47. The van der Waals surface area contributed by atoms with Crippen molar-refractivity contribution in [3.8, 4) is 5.75 Å². The number of phenols is 1. The Kier molecular flexibility index (Phi) is 8.38. The van der Waals surface area contributed by atoms with E-state index in [0.29, 0.717) is 30.6 Å². The van der Waals surface area contributed by atoms with Crippen molar-refractivity contribution in [2.75, 3.05) is 31.6 Å². The molecule has 2 aliphatic heterocycles. The minimum Gasteiger partial charge on any atom is -0.506 e. The largest absolute Gasteiger partial charge is 0.506 e. The minimum atomic E-state index is -3.95. The van der Waals surface area contributed by atoms with Crippen LogP contribution in [0, 0.1) is 0 Å². The van der Waals surface area contributed by atoms with Crippen LogP contribution in [0.15, 0.2) is 51.0 Å². The topological polar surface area (TPSA) is 117 Å². The lowest BCUT2D eigenvalue weighted by molar-refractivity contribution is 0.0608. The number of carbonyl (C=O) groups excluding carboxylic acids is 2. The number of H-pyrrole nitrogens is 1. The predicted octanol–water partition coefficient (Wildman–Crippen LogP) is 5.78. The van der Waals surface area contributed by atoms with Crippen molar-refractivity contribution in [1.29, 1.82) is 0 Å². The summed E-state index contributed by atoms with van der Waals surface area (Å²) in [5, 5.41) is 17.5. The fourth-order valence-corrected chi connectivity index (χ4v) is 6.80. The van der Waals surface area contributed by atoms with Gasteiger partial charge in [-0.05, 0) is 59.5 Å². The van der Waals surface area contributed by atoms with Gasteiger partial charge in [-0.3, -0.25) is 14.5 Å². The highest BCUT2D eigenvalue weighted by atomic mass is 35.5. The summed E-state index contributed by atoms with van der Waals surface area (Å²) in [4.78, 5) is 46.1. The molecule has 1 aromatic heterocycles. The molecular weight excluding hydrogens is 637 g/mol. The second kappa shape index (κ2) is 11.6. The molecule has 2 aliphatic rings. The third-order valence-electron chi connectivity index (χ3n) is 7.12. The highest BCUT2D eigenvalue weighted by Gasteiger charge is 2.39. The van der Waals surface area contributed by atoms with Crippen LogP contribution >= 0.6 is 46.6 Å². The Labute approximate surface area is 257 Å². The quantitative estimate of drug-likeness (QED) is 0.289. The first-order valence-electron chi connectivity index (χ1n) is 12.6. The number of hydrogen-bond donors (Lipinski definition) is 3. The van der Waals surface area contributed by atoms with Crippen molar-refractivity contribution in [3.63, 3.8) is 0 Å². The Hall–Kier alpha value is -3.03. The average Bonchev–Trinajstić information content (AvgIpc) is 3.28. The zero-order valence-corrected chi connectivity index (χ0v) is 24.9. The van der Waals surface area contributed by atoms with Gasteiger partial charge in [-0.25, -0.2) is 4.79 Å². The van der Waals surface area contributed by atoms with E-state index in [1.165, 1.54) is 39.0 Å². The van der Waals surface area contributed by atoms with E-state index in [1.54, 1.807) is 13.1 Å². The molecular formula is C27H23Cl3F2N4O5S. The number of rotatable bonds is 6. The summed E-state index contributed by atoms with van der Waals surface area (Å²) in [6.45, 7) is 0.238. The molecule has 0 spiro atoms. The number of aromatic nitrogens is 1. The number of hydrogen-bond acceptors (Lipinski definition) is 6. The molecule has 0 aliphatic carbocycles. The third kappa shape index (κ3) is 5.53. The van der Waals surface area contributed by atoms with Crippen LogP contribution in [0.4, 0.5) is 19.3 Å². The van der Waals surface area contributed by atoms with Crippen molar-refractivity contribution >= 4 is 64.2 Å². The van der Waals surface area contributed by atoms with Crippen LogP contribution < -0.4 is 10.5 Å². The van der Waals surface area contributed by atoms with Crippen LogP contribution in [0.3, 0.4) is 0 Å². The van der Waals surface area contributed by atoms with E-state index in [1.807, 2.05) is 4.98 Å². The van der Waals surface area contributed by atoms with Crippen molar-refractivity contribution in [2.45, 2.75) is 34.2 Å². The van der Waals surface area contributed by atoms with Crippen LogP contribution in [0.25, 0.3) is 0 Å². The number of carbonyl (C=O) groups is 2. The van der Waals surface area contributed by atoms with Crippen molar-refractivity contribution in [2.24, 2.45) is 0 Å². The maximum absolute atomic E-state index is 14.1. The summed E-state index contributed by atoms with van der Waals surface area (Å²) >= 11 is 18.5. The van der Waals surface area contributed by atoms with Crippen LogP contribution in [-0.2, 0) is 11.9 Å². The number of aliphatic hydroxyl groups excluding tert-OH is 1. The number of nitrogens with one attached hydrogen (secondary N) is 1. The first kappa shape index (κ1) is 30.4. The highest BCUT2D eigenvalue weighted by Crippen LogP contribution is 2.44. The zero-order valence-electron chi connectivity index (χ0n) is 21.8. The molecule has 0 radical (unpaired) electrons. The van der Waals surface area contributed by atoms with Gasteiger partial charge in [-0.2, -0.15) is 8.78 Å². The third-order valence-corrected chi connectivity index (χ3v) is 9.36. The predicted molar refractivity (Wildman–Crippen MR) is 155 cm³/mol. The van der Waals surface area contributed by atoms with Crippen molar-refractivity contribution in [3.05, 3.63) is 79.2 Å². The molecule has 2 aromatic carbocycles. The van der Waals surface area contributed by atoms with Crippen molar-refractivity contribution < 1.29 is 28.6 Å². The highest BCUT2D eigenvalue weighted by molar-refractivity contribution is 7.99. The van der Waals surface area contributed by atoms with Gasteiger partial charge in [0, 0.05) is 36.5 Å². The summed E-state index contributed by atoms with van der Waals surface area (Å²) in [7, 11) is 1.64. The number of amides is 3. The Bertz CT molecular complexity index is 1630. The molecule has 1 fully saturated rings. The van der Waals surface area contributed by atoms with Gasteiger partial charge in [-0.1, -0.05) is 41.0 Å². The number of anilines is 1. The van der Waals surface area contributed by atoms with Gasteiger partial charge >= 0.3 is 11.4 Å². The van der Waals surface area contributed by atoms with E-state index in [-0.39, 0.29) is 43.8 Å². The van der Waals surface area contributed by atoms with Gasteiger partial charge in [0.25, 0.3) is 11.5 Å². The number of phenolic OH excluding ortho intramolecular Hbond substituents is 1. The molecule has 3 heterocycles. The summed E-state index contributed by atoms with van der Waals surface area (Å²) in [6, 6.07) is 7.13. The maximum atomic E-state index is 14.1. The van der Waals surface area contributed by atoms with Gasteiger partial charge in [0.1, 0.15) is 17.0 Å². The molecule has 1 atom stereocenters. The summed E-state index contributed by atoms with van der Waals surface area (Å²) in [5.74, 6) is -1.07. The lowest BCUT2D eigenvalue weighted by Gasteiger charge is -2.34. The molecule has 0 bridgehead atoms. The molecule has 3 N–H and O–H groups in total. The van der Waals surface area contributed by atoms with Crippen LogP contribution in [0.1, 0.15) is 39.6 Å². The van der Waals surface area contributed by atoms with E-state index in [4.69, 9.17) is 34.8 Å². The molecule has 3 aromatic rings. The van der Waals surface area contributed by atoms with Gasteiger partial charge < -0.3 is 25.0 Å². The van der Waals surface area contributed by atoms with Crippen LogP contribution in [-0.4, -0.2) is 63.7 Å². The lowest BCUT2D eigenvalue weighted by atomic mass is 10.0. The van der Waals surface area contributed by atoms with Gasteiger partial charge in [0.15, 0.2) is 0 Å². The molecule has 0 saturated carbocycles. The number of halogens is 5. The van der Waals surface area contributed by atoms with E-state index in [2.05, 4.69) is 0 Å². The number of nitrogens with zero attached hydrogens (tertiary/aromatic N) is 3. The van der Waals surface area contributed by atoms with Crippen LogP contribution in [0.5, 0.6) is 5.75 Å². The second-order valence-corrected chi connectivity index (χ2v) is 12.1. The summed E-state index contributed by atoms with van der Waals surface area (Å²) in [6.07, 6.45) is 0.669. The number of urea groups is 1. The van der Waals surface area contributed by atoms with Crippen LogP contribution in [0.2, 0.25) is 10.0 Å². The zero-order chi connectivity index (χ0) is 30.5. The molecule has 9 nitrogen and oxygen atoms in total. The summed E-state index contributed by atoms with van der Waals surface area (Å²) in [5.41, 5.74) is -1.42. The minimum absolute atomic E-state index is 0.120. The normalized spacial score (nSPS) is 17.2. The Balaban J connectivity index is 1.57. The standard InChI is InChI=1S/C27H23Cl3F2N4O5S/c1-34-6-3-7-35(26(34)41)17-9-14-13(8-19(17)38)11-36(18(14)12-37)25(40)22-20(10-21(27(30,31)32)33-24(22)39)42-23-15(28)4-2-5-16(23)29/h2,4-5,8-10,18,37-38H,3,6-7,11-12H2,1H3,(H,33,39). The number of aromatic amines is 1. The smallest absolute Gasteiger partial charge is 0.362 e. The van der Waals surface area contributed by atoms with Gasteiger partial charge in [0.2, 0.25) is 0 Å². The molecule has 1 saturated heterocycles. The Morgan fingerprint density at radius 2 is 1.86 bits per heavy atom. The fourth-order valence-electron chi connectivity index (χ4n) is 5.06. The molecule has 222 valence electrons. The first-order valence-corrected chi connectivity index (χ1v) is 14.5. The number of alkyl halides is 3. The molecule has 5 rings (SSSR count). The van der Waals surface area contributed by atoms with E-state index in [0.717, 1.165) is 17.8 Å². The number of aliphatic hydroxyl groups is 1. The van der Waals surface area contributed by atoms with Crippen molar-refractivity contribution in [1.82, 2.24) is 14.8 Å². The molecule has 1 unspecified atom stereocenters. The Morgan fingerprint density at radius 1 is 1.17 bits per heavy atom. The number of benzene rings is 2. The molecule has 3 amide bonds. The second-order valence-electron chi connectivity index (χ2n) is 9.78. The number of aromatic hydroxyl groups is 1. The van der Waals surface area contributed by atoms with E-state index < -0.39 is 40.8 Å². The van der Waals surface area contributed by atoms with Gasteiger partial charge in [0.05, 0.1) is 28.4 Å². The van der Waals surface area contributed by atoms with E-state index >= 15 is 0 Å². The number of fused-ring (bicyclic) bond motifs is 1. The number of pyridine rings is 1. The van der Waals surface area contributed by atoms with E-state index in [9.17, 15) is 33.4 Å². The van der Waals surface area contributed by atoms with Gasteiger partial charge in [-0.15, -0.1) is 0 Å². The average molecular weight is 660 g/mol.